The SMILES string of the molecule is [B]c1c(O)c(O)c(-c2nc(C)cc(-c3cccc(-c4cccc5ccccc45)c3)n2)c(O)c1O. The quantitative estimate of drug-likeness (QED) is 0.184. The average Bonchev–Trinajstić information content (AvgIpc) is 2.86. The molecule has 6 nitrogen and oxygen atoms in total. The fraction of sp³-hybridized carbons (Fsp3) is 0.0370. The Balaban J connectivity index is 1.67. The molecule has 0 aliphatic rings. The van der Waals surface area contributed by atoms with Crippen LogP contribution in [0.2, 0.25) is 0 Å². The minimum absolute atomic E-state index is 0.0637. The predicted octanol–water partition coefficient (Wildman–Crippen LogP) is 4.56. The Bertz CT molecular complexity index is 1550. The molecule has 4 aromatic carbocycles. The highest BCUT2D eigenvalue weighted by atomic mass is 16.3. The molecule has 2 radical (unpaired) electrons. The van der Waals surface area contributed by atoms with Crippen LogP contribution < -0.4 is 5.46 Å². The van der Waals surface area contributed by atoms with E-state index in [1.807, 2.05) is 42.5 Å². The standard InChI is InChI=1S/C27H19BN2O4/c1-14-12-20(30-27(29-14)21-23(31)25(33)22(28)26(34)24(21)32)17-9-4-8-16(13-17)19-11-5-7-15-6-2-3-10-18(15)19/h2-13,31-34H,1H3. The highest BCUT2D eigenvalue weighted by molar-refractivity contribution is 6.37. The van der Waals surface area contributed by atoms with Crippen molar-refractivity contribution in [1.82, 2.24) is 9.97 Å². The number of nitrogens with zero attached hydrogens (tertiary/aromatic N) is 2. The van der Waals surface area contributed by atoms with E-state index in [4.69, 9.17) is 7.85 Å². The van der Waals surface area contributed by atoms with Crippen molar-refractivity contribution in [3.63, 3.8) is 0 Å². The minimum Gasteiger partial charge on any atom is -0.505 e. The minimum atomic E-state index is -0.755. The van der Waals surface area contributed by atoms with E-state index in [9.17, 15) is 20.4 Å². The number of aryl methyl sites for hydroxylation is 1. The van der Waals surface area contributed by atoms with Gasteiger partial charge in [-0.3, -0.25) is 0 Å². The Morgan fingerprint density at radius 1 is 0.676 bits per heavy atom. The van der Waals surface area contributed by atoms with Crippen molar-refractivity contribution in [1.29, 1.82) is 0 Å². The zero-order valence-corrected chi connectivity index (χ0v) is 18.2. The molecule has 0 fully saturated rings. The van der Waals surface area contributed by atoms with Gasteiger partial charge in [-0.2, -0.15) is 0 Å². The van der Waals surface area contributed by atoms with Gasteiger partial charge in [0.05, 0.1) is 5.69 Å². The molecule has 5 aromatic rings. The fourth-order valence-electron chi connectivity index (χ4n) is 4.08. The third kappa shape index (κ3) is 3.48. The van der Waals surface area contributed by atoms with Crippen LogP contribution in [0.3, 0.4) is 0 Å². The van der Waals surface area contributed by atoms with Crippen LogP contribution in [-0.4, -0.2) is 38.2 Å². The molecule has 0 unspecified atom stereocenters. The van der Waals surface area contributed by atoms with Crippen LogP contribution in [-0.2, 0) is 0 Å². The van der Waals surface area contributed by atoms with Gasteiger partial charge in [0.15, 0.2) is 28.8 Å². The molecule has 7 heteroatoms. The van der Waals surface area contributed by atoms with Gasteiger partial charge >= 0.3 is 0 Å². The summed E-state index contributed by atoms with van der Waals surface area (Å²) in [6.07, 6.45) is 0. The molecule has 0 saturated carbocycles. The maximum Gasteiger partial charge on any atom is 0.172 e. The number of phenols is 4. The van der Waals surface area contributed by atoms with Crippen LogP contribution >= 0.6 is 0 Å². The topological polar surface area (TPSA) is 107 Å². The Labute approximate surface area is 196 Å². The van der Waals surface area contributed by atoms with Gasteiger partial charge in [0, 0.05) is 11.3 Å². The van der Waals surface area contributed by atoms with Crippen molar-refractivity contribution in [2.45, 2.75) is 6.92 Å². The summed E-state index contributed by atoms with van der Waals surface area (Å²) in [5.74, 6) is -3.00. The number of phenolic OH excluding ortho intramolecular Hbond substituents is 4. The summed E-state index contributed by atoms with van der Waals surface area (Å²) in [5.41, 5.74) is 3.13. The lowest BCUT2D eigenvalue weighted by atomic mass is 9.90. The van der Waals surface area contributed by atoms with E-state index in [0.29, 0.717) is 11.4 Å². The van der Waals surface area contributed by atoms with E-state index in [2.05, 4.69) is 34.2 Å². The summed E-state index contributed by atoms with van der Waals surface area (Å²) in [6, 6.07) is 23.9. The van der Waals surface area contributed by atoms with Gasteiger partial charge < -0.3 is 20.4 Å². The molecule has 0 saturated heterocycles. The van der Waals surface area contributed by atoms with Crippen LogP contribution in [0.4, 0.5) is 0 Å². The number of hydrogen-bond acceptors (Lipinski definition) is 6. The van der Waals surface area contributed by atoms with Gasteiger partial charge in [0.25, 0.3) is 0 Å². The van der Waals surface area contributed by atoms with Crippen molar-refractivity contribution in [3.05, 3.63) is 78.5 Å². The Morgan fingerprint density at radius 2 is 1.32 bits per heavy atom. The molecule has 5 rings (SSSR count). The molecular weight excluding hydrogens is 427 g/mol. The predicted molar refractivity (Wildman–Crippen MR) is 133 cm³/mol. The van der Waals surface area contributed by atoms with Crippen molar-refractivity contribution >= 4 is 24.1 Å². The number of benzene rings is 4. The highest BCUT2D eigenvalue weighted by Gasteiger charge is 2.24. The Hall–Kier alpha value is -4.52. The first kappa shape index (κ1) is 21.3. The number of fused-ring (bicyclic) bond motifs is 1. The zero-order valence-electron chi connectivity index (χ0n) is 18.2. The number of rotatable bonds is 3. The monoisotopic (exact) mass is 446 g/mol. The molecule has 4 N–H and O–H groups in total. The lowest BCUT2D eigenvalue weighted by Crippen LogP contribution is -2.06. The normalized spacial score (nSPS) is 11.1. The molecule has 0 bridgehead atoms. The zero-order chi connectivity index (χ0) is 24.0. The number of hydrogen-bond donors (Lipinski definition) is 4. The van der Waals surface area contributed by atoms with Gasteiger partial charge in [-0.1, -0.05) is 60.7 Å². The van der Waals surface area contributed by atoms with Gasteiger partial charge in [0.2, 0.25) is 0 Å². The third-order valence-electron chi connectivity index (χ3n) is 5.77. The van der Waals surface area contributed by atoms with Crippen molar-refractivity contribution in [2.75, 3.05) is 0 Å². The second-order valence-electron chi connectivity index (χ2n) is 8.01. The Morgan fingerprint density at radius 3 is 2.09 bits per heavy atom. The average molecular weight is 446 g/mol. The summed E-state index contributed by atoms with van der Waals surface area (Å²) in [5, 5.41) is 43.2. The van der Waals surface area contributed by atoms with Crippen LogP contribution in [0.15, 0.2) is 72.8 Å². The van der Waals surface area contributed by atoms with E-state index < -0.39 is 28.5 Å². The summed E-state index contributed by atoms with van der Waals surface area (Å²) in [7, 11) is 5.53. The second kappa shape index (κ2) is 8.12. The van der Waals surface area contributed by atoms with E-state index in [1.54, 1.807) is 13.0 Å². The molecule has 0 aliphatic heterocycles. The molecular formula is C27H19BN2O4. The summed E-state index contributed by atoms with van der Waals surface area (Å²) >= 11 is 0. The fourth-order valence-corrected chi connectivity index (χ4v) is 4.08. The molecule has 0 spiro atoms. The van der Waals surface area contributed by atoms with E-state index in [-0.39, 0.29) is 11.4 Å². The van der Waals surface area contributed by atoms with E-state index in [1.165, 1.54) is 0 Å². The summed E-state index contributed by atoms with van der Waals surface area (Å²) in [4.78, 5) is 8.80. The van der Waals surface area contributed by atoms with Gasteiger partial charge in [-0.25, -0.2) is 9.97 Å². The molecule has 0 aliphatic carbocycles. The maximum absolute atomic E-state index is 10.4. The second-order valence-corrected chi connectivity index (χ2v) is 8.01. The van der Waals surface area contributed by atoms with Crippen LogP contribution in [0.25, 0.3) is 44.5 Å². The van der Waals surface area contributed by atoms with Crippen LogP contribution in [0.5, 0.6) is 23.0 Å². The highest BCUT2D eigenvalue weighted by Crippen LogP contribution is 2.45. The largest absolute Gasteiger partial charge is 0.505 e. The first-order valence-corrected chi connectivity index (χ1v) is 10.5. The van der Waals surface area contributed by atoms with Crippen molar-refractivity contribution < 1.29 is 20.4 Å². The van der Waals surface area contributed by atoms with Crippen LogP contribution in [0.1, 0.15) is 5.69 Å². The number of aromatic nitrogens is 2. The molecule has 1 aromatic heterocycles. The molecule has 0 atom stereocenters. The van der Waals surface area contributed by atoms with Gasteiger partial charge in [-0.15, -0.1) is 0 Å². The lowest BCUT2D eigenvalue weighted by molar-refractivity contribution is 0.380. The summed E-state index contributed by atoms with van der Waals surface area (Å²) < 4.78 is 0. The molecule has 34 heavy (non-hydrogen) atoms. The first-order chi connectivity index (χ1) is 16.3. The first-order valence-electron chi connectivity index (χ1n) is 10.5. The van der Waals surface area contributed by atoms with Crippen molar-refractivity contribution in [2.24, 2.45) is 0 Å². The summed E-state index contributed by atoms with van der Waals surface area (Å²) in [6.45, 7) is 1.74. The molecule has 1 heterocycles. The smallest absolute Gasteiger partial charge is 0.172 e. The van der Waals surface area contributed by atoms with Gasteiger partial charge in [-0.05, 0) is 46.4 Å². The molecule has 0 amide bonds. The molecule has 164 valence electrons. The Kier molecular flexibility index (Phi) is 5.09. The lowest BCUT2D eigenvalue weighted by Gasteiger charge is -2.14. The maximum atomic E-state index is 10.4. The van der Waals surface area contributed by atoms with E-state index >= 15 is 0 Å². The van der Waals surface area contributed by atoms with Crippen molar-refractivity contribution in [3.8, 4) is 56.8 Å². The van der Waals surface area contributed by atoms with Crippen LogP contribution in [0, 0.1) is 6.92 Å². The third-order valence-corrected chi connectivity index (χ3v) is 5.77. The number of aromatic hydroxyl groups is 4. The van der Waals surface area contributed by atoms with Gasteiger partial charge in [0.1, 0.15) is 13.4 Å². The van der Waals surface area contributed by atoms with E-state index in [0.717, 1.165) is 27.5 Å².